The van der Waals surface area contributed by atoms with E-state index in [1.165, 1.54) is 0 Å². The Labute approximate surface area is 85.2 Å². The first kappa shape index (κ1) is 11.5. The monoisotopic (exact) mass is 200 g/mol. The Bertz CT molecular complexity index is 202. The van der Waals surface area contributed by atoms with Gasteiger partial charge < -0.3 is 15.8 Å². The Morgan fingerprint density at radius 3 is 2.71 bits per heavy atom. The van der Waals surface area contributed by atoms with Crippen molar-refractivity contribution >= 4 is 5.91 Å². The molecule has 4 nitrogen and oxygen atoms in total. The first-order chi connectivity index (χ1) is 6.57. The van der Waals surface area contributed by atoms with Crippen molar-refractivity contribution in [1.82, 2.24) is 5.32 Å². The Balaban J connectivity index is 2.20. The summed E-state index contributed by atoms with van der Waals surface area (Å²) < 4.78 is 5.11. The van der Waals surface area contributed by atoms with Crippen molar-refractivity contribution < 1.29 is 9.53 Å². The van der Waals surface area contributed by atoms with Crippen LogP contribution in [0.1, 0.15) is 20.3 Å². The third-order valence-electron chi connectivity index (χ3n) is 2.64. The van der Waals surface area contributed by atoms with Crippen LogP contribution in [0.5, 0.6) is 0 Å². The third kappa shape index (κ3) is 2.96. The fourth-order valence-electron chi connectivity index (χ4n) is 1.41. The highest BCUT2D eigenvalue weighted by atomic mass is 16.5. The van der Waals surface area contributed by atoms with Crippen molar-refractivity contribution in [1.29, 1.82) is 0 Å². The lowest BCUT2D eigenvalue weighted by molar-refractivity contribution is -0.129. The van der Waals surface area contributed by atoms with Gasteiger partial charge in [0.2, 0.25) is 5.91 Å². The van der Waals surface area contributed by atoms with Crippen LogP contribution in [0.3, 0.4) is 0 Å². The maximum atomic E-state index is 11.5. The first-order valence-corrected chi connectivity index (χ1v) is 5.13. The molecule has 1 rings (SSSR count). The highest BCUT2D eigenvalue weighted by Crippen LogP contribution is 2.25. The van der Waals surface area contributed by atoms with Gasteiger partial charge in [0.05, 0.1) is 13.2 Å². The zero-order valence-corrected chi connectivity index (χ0v) is 9.01. The van der Waals surface area contributed by atoms with Crippen LogP contribution in [0.25, 0.3) is 0 Å². The molecule has 1 unspecified atom stereocenters. The molecule has 1 atom stereocenters. The van der Waals surface area contributed by atoms with Gasteiger partial charge in [0.1, 0.15) is 0 Å². The van der Waals surface area contributed by atoms with Crippen LogP contribution in [0.4, 0.5) is 0 Å². The van der Waals surface area contributed by atoms with E-state index in [4.69, 9.17) is 10.5 Å². The molecule has 0 aromatic heterocycles. The number of carbonyl (C=O) groups excluding carboxylic acids is 1. The van der Waals surface area contributed by atoms with Gasteiger partial charge in [-0.2, -0.15) is 0 Å². The molecule has 82 valence electrons. The van der Waals surface area contributed by atoms with Crippen molar-refractivity contribution in [2.75, 3.05) is 26.3 Å². The van der Waals surface area contributed by atoms with Crippen LogP contribution >= 0.6 is 0 Å². The summed E-state index contributed by atoms with van der Waals surface area (Å²) in [6, 6.07) is 0. The fraction of sp³-hybridized carbons (Fsp3) is 0.900. The number of nitrogens with two attached hydrogens (primary N) is 1. The fourth-order valence-corrected chi connectivity index (χ4v) is 1.41. The van der Waals surface area contributed by atoms with E-state index in [0.29, 0.717) is 13.1 Å². The zero-order chi connectivity index (χ0) is 10.6. The molecule has 1 amide bonds. The number of rotatable bonds is 5. The number of nitrogens with one attached hydrogen (secondary N) is 1. The topological polar surface area (TPSA) is 64.4 Å². The van der Waals surface area contributed by atoms with Gasteiger partial charge in [0.15, 0.2) is 0 Å². The number of carbonyl (C=O) groups is 1. The van der Waals surface area contributed by atoms with Gasteiger partial charge in [0, 0.05) is 17.9 Å². The van der Waals surface area contributed by atoms with E-state index in [2.05, 4.69) is 12.2 Å². The molecule has 0 spiro atoms. The second-order valence-electron chi connectivity index (χ2n) is 4.50. The third-order valence-corrected chi connectivity index (χ3v) is 2.64. The summed E-state index contributed by atoms with van der Waals surface area (Å²) in [7, 11) is 0. The molecule has 0 aromatic rings. The van der Waals surface area contributed by atoms with Gasteiger partial charge in [-0.25, -0.2) is 0 Å². The summed E-state index contributed by atoms with van der Waals surface area (Å²) >= 11 is 0. The van der Waals surface area contributed by atoms with E-state index in [1.807, 2.05) is 6.92 Å². The van der Waals surface area contributed by atoms with Gasteiger partial charge >= 0.3 is 0 Å². The van der Waals surface area contributed by atoms with Crippen LogP contribution < -0.4 is 11.1 Å². The van der Waals surface area contributed by atoms with Crippen LogP contribution in [0.2, 0.25) is 0 Å². The van der Waals surface area contributed by atoms with Crippen molar-refractivity contribution in [2.24, 2.45) is 17.1 Å². The second kappa shape index (κ2) is 4.75. The summed E-state index contributed by atoms with van der Waals surface area (Å²) in [6.07, 6.45) is 0.749. The molecular formula is C10H20N2O2. The highest BCUT2D eigenvalue weighted by molar-refractivity contribution is 5.78. The van der Waals surface area contributed by atoms with Crippen LogP contribution in [0, 0.1) is 11.3 Å². The first-order valence-electron chi connectivity index (χ1n) is 5.13. The molecule has 1 aliphatic heterocycles. The molecule has 0 aromatic carbocycles. The van der Waals surface area contributed by atoms with Gasteiger partial charge in [-0.15, -0.1) is 0 Å². The van der Waals surface area contributed by atoms with E-state index in [9.17, 15) is 4.79 Å². The van der Waals surface area contributed by atoms with E-state index < -0.39 is 0 Å². The molecule has 3 N–H and O–H groups in total. The highest BCUT2D eigenvalue weighted by Gasteiger charge is 2.33. The van der Waals surface area contributed by atoms with Gasteiger partial charge in [0.25, 0.3) is 0 Å². The minimum Gasteiger partial charge on any atom is -0.380 e. The van der Waals surface area contributed by atoms with Crippen molar-refractivity contribution in [2.45, 2.75) is 20.3 Å². The molecule has 4 heteroatoms. The van der Waals surface area contributed by atoms with Crippen LogP contribution in [-0.2, 0) is 9.53 Å². The number of hydrogen-bond acceptors (Lipinski definition) is 3. The Morgan fingerprint density at radius 2 is 2.29 bits per heavy atom. The predicted molar refractivity (Wildman–Crippen MR) is 54.8 cm³/mol. The van der Waals surface area contributed by atoms with Gasteiger partial charge in [-0.05, 0) is 13.0 Å². The number of amides is 1. The average Bonchev–Trinajstić information content (AvgIpc) is 2.11. The smallest absolute Gasteiger partial charge is 0.222 e. The summed E-state index contributed by atoms with van der Waals surface area (Å²) in [4.78, 5) is 11.5. The van der Waals surface area contributed by atoms with Crippen LogP contribution in [-0.4, -0.2) is 32.2 Å². The van der Waals surface area contributed by atoms with Crippen molar-refractivity contribution in [3.05, 3.63) is 0 Å². The van der Waals surface area contributed by atoms with E-state index >= 15 is 0 Å². The average molecular weight is 200 g/mol. The number of hydrogen-bond donors (Lipinski definition) is 2. The SMILES string of the molecule is CC(CCN)C(=O)NCC1(C)COC1. The maximum Gasteiger partial charge on any atom is 0.222 e. The largest absolute Gasteiger partial charge is 0.380 e. The summed E-state index contributed by atoms with van der Waals surface area (Å²) in [5, 5.41) is 2.94. The Hall–Kier alpha value is -0.610. The summed E-state index contributed by atoms with van der Waals surface area (Å²) in [6.45, 7) is 6.79. The molecule has 1 aliphatic rings. The van der Waals surface area contributed by atoms with E-state index in [0.717, 1.165) is 19.6 Å². The molecule has 1 fully saturated rings. The molecule has 0 bridgehead atoms. The molecule has 0 saturated carbocycles. The van der Waals surface area contributed by atoms with E-state index in [-0.39, 0.29) is 17.2 Å². The van der Waals surface area contributed by atoms with Crippen LogP contribution in [0.15, 0.2) is 0 Å². The standard InChI is InChI=1S/C10H20N2O2/c1-8(3-4-11)9(13)12-5-10(2)6-14-7-10/h8H,3-7,11H2,1-2H3,(H,12,13). The summed E-state index contributed by atoms with van der Waals surface area (Å²) in [5.74, 6) is 0.119. The zero-order valence-electron chi connectivity index (χ0n) is 9.01. The molecule has 14 heavy (non-hydrogen) atoms. The molecular weight excluding hydrogens is 180 g/mol. The Morgan fingerprint density at radius 1 is 1.64 bits per heavy atom. The number of ether oxygens (including phenoxy) is 1. The van der Waals surface area contributed by atoms with Gasteiger partial charge in [-0.1, -0.05) is 13.8 Å². The molecule has 0 radical (unpaired) electrons. The lowest BCUT2D eigenvalue weighted by atomic mass is 9.88. The van der Waals surface area contributed by atoms with Crippen molar-refractivity contribution in [3.63, 3.8) is 0 Å². The minimum absolute atomic E-state index is 0.0181. The minimum atomic E-state index is 0.0181. The van der Waals surface area contributed by atoms with Gasteiger partial charge in [-0.3, -0.25) is 4.79 Å². The molecule has 1 heterocycles. The maximum absolute atomic E-state index is 11.5. The van der Waals surface area contributed by atoms with Crippen molar-refractivity contribution in [3.8, 4) is 0 Å². The lowest BCUT2D eigenvalue weighted by Gasteiger charge is -2.38. The predicted octanol–water partition coefficient (Wildman–Crippen LogP) is 0.124. The quantitative estimate of drug-likeness (QED) is 0.662. The molecule has 1 saturated heterocycles. The summed E-state index contributed by atoms with van der Waals surface area (Å²) in [5.41, 5.74) is 5.54. The molecule has 0 aliphatic carbocycles. The Kier molecular flexibility index (Phi) is 3.89. The normalized spacial score (nSPS) is 21.1. The van der Waals surface area contributed by atoms with E-state index in [1.54, 1.807) is 0 Å². The lowest BCUT2D eigenvalue weighted by Crippen LogP contribution is -2.49. The second-order valence-corrected chi connectivity index (χ2v) is 4.50.